The van der Waals surface area contributed by atoms with Crippen molar-refractivity contribution in [3.63, 3.8) is 0 Å². The third-order valence-corrected chi connectivity index (χ3v) is 5.78. The zero-order valence-electron chi connectivity index (χ0n) is 16.1. The van der Waals surface area contributed by atoms with Gasteiger partial charge in [0.1, 0.15) is 0 Å². The van der Waals surface area contributed by atoms with Crippen molar-refractivity contribution in [3.05, 3.63) is 64.4 Å². The van der Waals surface area contributed by atoms with Crippen LogP contribution >= 0.6 is 11.8 Å². The maximum atomic E-state index is 12.9. The number of para-hydroxylation sites is 1. The van der Waals surface area contributed by atoms with E-state index in [0.29, 0.717) is 33.7 Å². The van der Waals surface area contributed by atoms with E-state index in [-0.39, 0.29) is 29.0 Å². The van der Waals surface area contributed by atoms with Crippen LogP contribution in [0.1, 0.15) is 42.6 Å². The Morgan fingerprint density at radius 1 is 1.14 bits per heavy atom. The first-order valence-corrected chi connectivity index (χ1v) is 10.6. The van der Waals surface area contributed by atoms with Gasteiger partial charge in [-0.05, 0) is 49.2 Å². The molecule has 2 aromatic carbocycles. The summed E-state index contributed by atoms with van der Waals surface area (Å²) in [5, 5.41) is 3.97. The number of nitrogens with zero attached hydrogens (tertiary/aromatic N) is 2. The first-order chi connectivity index (χ1) is 14.1. The minimum absolute atomic E-state index is 0.0379. The van der Waals surface area contributed by atoms with Crippen LogP contribution in [0.15, 0.2) is 58.5 Å². The van der Waals surface area contributed by atoms with Crippen LogP contribution in [0.25, 0.3) is 10.9 Å². The van der Waals surface area contributed by atoms with Crippen LogP contribution in [0.2, 0.25) is 0 Å². The van der Waals surface area contributed by atoms with Crippen LogP contribution in [0, 0.1) is 0 Å². The lowest BCUT2D eigenvalue weighted by Gasteiger charge is -2.12. The van der Waals surface area contributed by atoms with E-state index < -0.39 is 0 Å². The topological polar surface area (TPSA) is 81.1 Å². The summed E-state index contributed by atoms with van der Waals surface area (Å²) >= 11 is 1.30. The number of Topliss-reactive ketones (excluding diaryl/α,β-unsaturated/α-hetero) is 1. The van der Waals surface area contributed by atoms with E-state index in [9.17, 15) is 14.4 Å². The Morgan fingerprint density at radius 2 is 1.86 bits per heavy atom. The number of fused-ring (bicyclic) bond motifs is 1. The molecule has 0 bridgehead atoms. The number of thioether (sulfide) groups is 1. The molecule has 0 unspecified atom stereocenters. The van der Waals surface area contributed by atoms with Gasteiger partial charge in [0.05, 0.1) is 16.7 Å². The molecule has 0 aliphatic heterocycles. The molecule has 0 radical (unpaired) electrons. The summed E-state index contributed by atoms with van der Waals surface area (Å²) in [5.41, 5.74) is 1.84. The molecule has 148 valence electrons. The molecule has 1 aliphatic rings. The monoisotopic (exact) mass is 407 g/mol. The van der Waals surface area contributed by atoms with Gasteiger partial charge >= 0.3 is 0 Å². The summed E-state index contributed by atoms with van der Waals surface area (Å²) in [4.78, 5) is 41.6. The zero-order valence-corrected chi connectivity index (χ0v) is 16.9. The average molecular weight is 407 g/mol. The number of aromatic nitrogens is 2. The number of hydrogen-bond donors (Lipinski definition) is 1. The van der Waals surface area contributed by atoms with Crippen molar-refractivity contribution in [2.45, 2.75) is 37.4 Å². The van der Waals surface area contributed by atoms with Gasteiger partial charge < -0.3 is 5.32 Å². The van der Waals surface area contributed by atoms with Gasteiger partial charge in [0.2, 0.25) is 5.91 Å². The molecule has 3 aromatic rings. The number of carbonyl (C=O) groups is 2. The van der Waals surface area contributed by atoms with Crippen LogP contribution in [0.3, 0.4) is 0 Å². The average Bonchev–Trinajstić information content (AvgIpc) is 3.57. The fourth-order valence-electron chi connectivity index (χ4n) is 3.08. The number of anilines is 1. The highest BCUT2D eigenvalue weighted by molar-refractivity contribution is 7.99. The molecule has 7 heteroatoms. The maximum Gasteiger partial charge on any atom is 0.262 e. The highest BCUT2D eigenvalue weighted by Crippen LogP contribution is 2.36. The molecule has 4 rings (SSSR count). The fraction of sp³-hybridized carbons (Fsp3) is 0.273. The lowest BCUT2D eigenvalue weighted by molar-refractivity contribution is -0.115. The van der Waals surface area contributed by atoms with Crippen molar-refractivity contribution in [1.29, 1.82) is 0 Å². The maximum absolute atomic E-state index is 12.9. The smallest absolute Gasteiger partial charge is 0.262 e. The van der Waals surface area contributed by atoms with Gasteiger partial charge in [-0.1, -0.05) is 30.8 Å². The molecule has 1 saturated carbocycles. The van der Waals surface area contributed by atoms with Gasteiger partial charge in [-0.15, -0.1) is 0 Å². The molecule has 1 N–H and O–H groups in total. The number of nitrogens with one attached hydrogen (secondary N) is 1. The Balaban J connectivity index is 1.52. The third kappa shape index (κ3) is 4.24. The molecule has 1 fully saturated rings. The van der Waals surface area contributed by atoms with Crippen LogP contribution in [0.5, 0.6) is 0 Å². The second-order valence-corrected chi connectivity index (χ2v) is 7.95. The fourth-order valence-corrected chi connectivity index (χ4v) is 4.05. The van der Waals surface area contributed by atoms with Crippen LogP contribution in [0.4, 0.5) is 5.69 Å². The van der Waals surface area contributed by atoms with E-state index in [0.717, 1.165) is 12.8 Å². The molecule has 1 heterocycles. The second kappa shape index (κ2) is 8.21. The van der Waals surface area contributed by atoms with E-state index in [1.54, 1.807) is 41.8 Å². The standard InChI is InChI=1S/C22H21N3O3S/c1-2-20(27)23-15-9-7-14(8-10-15)19(26)13-29-22-24-18-6-4-3-5-17(18)21(28)25(22)16-11-12-16/h3-10,16H,2,11-13H2,1H3,(H,23,27). The first-order valence-electron chi connectivity index (χ1n) is 9.64. The molecule has 0 saturated heterocycles. The van der Waals surface area contributed by atoms with Crippen LogP contribution < -0.4 is 10.9 Å². The first kappa shape index (κ1) is 19.4. The van der Waals surface area contributed by atoms with E-state index >= 15 is 0 Å². The quantitative estimate of drug-likeness (QED) is 0.363. The van der Waals surface area contributed by atoms with E-state index in [1.807, 2.05) is 18.2 Å². The highest BCUT2D eigenvalue weighted by Gasteiger charge is 2.28. The molecule has 1 aliphatic carbocycles. The molecule has 0 spiro atoms. The molecule has 1 aromatic heterocycles. The van der Waals surface area contributed by atoms with Gasteiger partial charge in [-0.3, -0.25) is 19.0 Å². The summed E-state index contributed by atoms with van der Waals surface area (Å²) in [6.45, 7) is 1.78. The predicted octanol–water partition coefficient (Wildman–Crippen LogP) is 4.05. The minimum Gasteiger partial charge on any atom is -0.326 e. The summed E-state index contributed by atoms with van der Waals surface area (Å²) in [6, 6.07) is 14.3. The lowest BCUT2D eigenvalue weighted by Crippen LogP contribution is -2.22. The summed E-state index contributed by atoms with van der Waals surface area (Å²) in [7, 11) is 0. The molecular weight excluding hydrogens is 386 g/mol. The Labute approximate surface area is 172 Å². The van der Waals surface area contributed by atoms with Gasteiger partial charge in [0.15, 0.2) is 10.9 Å². The lowest BCUT2D eigenvalue weighted by atomic mass is 10.1. The van der Waals surface area contributed by atoms with Crippen molar-refractivity contribution in [2.24, 2.45) is 0 Å². The third-order valence-electron chi connectivity index (χ3n) is 4.83. The van der Waals surface area contributed by atoms with Gasteiger partial charge in [0, 0.05) is 23.7 Å². The SMILES string of the molecule is CCC(=O)Nc1ccc(C(=O)CSc2nc3ccccc3c(=O)n2C2CC2)cc1. The number of ketones is 1. The van der Waals surface area contributed by atoms with Crippen molar-refractivity contribution in [3.8, 4) is 0 Å². The van der Waals surface area contributed by atoms with E-state index in [4.69, 9.17) is 0 Å². The largest absolute Gasteiger partial charge is 0.326 e. The van der Waals surface area contributed by atoms with Gasteiger partial charge in [-0.2, -0.15) is 0 Å². The second-order valence-electron chi connectivity index (χ2n) is 7.01. The molecule has 6 nitrogen and oxygen atoms in total. The number of amides is 1. The summed E-state index contributed by atoms with van der Waals surface area (Å²) in [5.74, 6) is 0.0752. The Bertz CT molecular complexity index is 1130. The van der Waals surface area contributed by atoms with Crippen LogP contribution in [-0.4, -0.2) is 27.0 Å². The van der Waals surface area contributed by atoms with E-state index in [1.165, 1.54) is 11.8 Å². The van der Waals surface area contributed by atoms with Gasteiger partial charge in [-0.25, -0.2) is 4.98 Å². The number of hydrogen-bond acceptors (Lipinski definition) is 5. The number of rotatable bonds is 7. The highest BCUT2D eigenvalue weighted by atomic mass is 32.2. The summed E-state index contributed by atoms with van der Waals surface area (Å²) in [6.07, 6.45) is 2.33. The minimum atomic E-state index is -0.0694. The number of carbonyl (C=O) groups excluding carboxylic acids is 2. The molecule has 29 heavy (non-hydrogen) atoms. The van der Waals surface area contributed by atoms with Crippen molar-refractivity contribution in [2.75, 3.05) is 11.1 Å². The molecule has 1 amide bonds. The Hall–Kier alpha value is -2.93. The Kier molecular flexibility index (Phi) is 5.49. The van der Waals surface area contributed by atoms with Crippen molar-refractivity contribution < 1.29 is 9.59 Å². The van der Waals surface area contributed by atoms with E-state index in [2.05, 4.69) is 10.3 Å². The molecule has 0 atom stereocenters. The normalized spacial score (nSPS) is 13.4. The van der Waals surface area contributed by atoms with Crippen molar-refractivity contribution in [1.82, 2.24) is 9.55 Å². The number of benzene rings is 2. The molecular formula is C22H21N3O3S. The van der Waals surface area contributed by atoms with Crippen molar-refractivity contribution >= 4 is 40.0 Å². The van der Waals surface area contributed by atoms with Crippen LogP contribution in [-0.2, 0) is 4.79 Å². The van der Waals surface area contributed by atoms with Gasteiger partial charge in [0.25, 0.3) is 5.56 Å². The predicted molar refractivity (Wildman–Crippen MR) is 115 cm³/mol. The summed E-state index contributed by atoms with van der Waals surface area (Å²) < 4.78 is 1.74. The Morgan fingerprint density at radius 3 is 2.55 bits per heavy atom. The zero-order chi connectivity index (χ0) is 20.4.